The molecule has 0 aromatic carbocycles. The van der Waals surface area contributed by atoms with Crippen molar-refractivity contribution >= 4 is 0 Å². The Bertz CT molecular complexity index is 334. The van der Waals surface area contributed by atoms with Crippen LogP contribution in [-0.4, -0.2) is 48.0 Å². The molecule has 1 saturated heterocycles. The first-order valence-electron chi connectivity index (χ1n) is 5.98. The summed E-state index contributed by atoms with van der Waals surface area (Å²) in [6.45, 7) is 9.93. The molecule has 0 saturated carbocycles. The van der Waals surface area contributed by atoms with Crippen LogP contribution in [0.2, 0.25) is 0 Å². The summed E-state index contributed by atoms with van der Waals surface area (Å²) in [5.74, 6) is 0. The van der Waals surface area contributed by atoms with Crippen molar-refractivity contribution < 1.29 is 0 Å². The highest BCUT2D eigenvalue weighted by atomic mass is 15.2. The standard InChI is InChI=1S/C13H21N3/c1-11-8-13(9-12(2)14-11)10-16-6-4-15(3)5-7-16/h8-9H,4-7,10H2,1-3H3. The second-order valence-electron chi connectivity index (χ2n) is 4.84. The highest BCUT2D eigenvalue weighted by Crippen LogP contribution is 2.10. The van der Waals surface area contributed by atoms with Crippen LogP contribution in [0.3, 0.4) is 0 Å². The van der Waals surface area contributed by atoms with Crippen molar-refractivity contribution in [2.75, 3.05) is 33.2 Å². The van der Waals surface area contributed by atoms with Gasteiger partial charge in [-0.2, -0.15) is 0 Å². The lowest BCUT2D eigenvalue weighted by atomic mass is 10.1. The maximum Gasteiger partial charge on any atom is 0.0379 e. The van der Waals surface area contributed by atoms with Gasteiger partial charge in [0.1, 0.15) is 0 Å². The molecule has 0 aliphatic carbocycles. The minimum Gasteiger partial charge on any atom is -0.304 e. The number of pyridine rings is 1. The van der Waals surface area contributed by atoms with Gasteiger partial charge in [0, 0.05) is 44.1 Å². The molecule has 0 amide bonds. The molecular weight excluding hydrogens is 198 g/mol. The predicted molar refractivity (Wildman–Crippen MR) is 66.5 cm³/mol. The first-order valence-corrected chi connectivity index (χ1v) is 5.98. The lowest BCUT2D eigenvalue weighted by molar-refractivity contribution is 0.148. The van der Waals surface area contributed by atoms with Crippen LogP contribution in [0.15, 0.2) is 12.1 Å². The third kappa shape index (κ3) is 3.03. The van der Waals surface area contributed by atoms with Crippen LogP contribution in [0.5, 0.6) is 0 Å². The van der Waals surface area contributed by atoms with Crippen LogP contribution in [0.4, 0.5) is 0 Å². The Morgan fingerprint density at radius 3 is 2.19 bits per heavy atom. The summed E-state index contributed by atoms with van der Waals surface area (Å²) in [6.07, 6.45) is 0. The van der Waals surface area contributed by atoms with Crippen molar-refractivity contribution in [3.8, 4) is 0 Å². The smallest absolute Gasteiger partial charge is 0.0379 e. The highest BCUT2D eigenvalue weighted by Gasteiger charge is 2.13. The van der Waals surface area contributed by atoms with E-state index in [4.69, 9.17) is 0 Å². The first kappa shape index (κ1) is 11.6. The number of likely N-dealkylation sites (N-methyl/N-ethyl adjacent to an activating group) is 1. The van der Waals surface area contributed by atoms with Gasteiger partial charge in [-0.1, -0.05) is 0 Å². The highest BCUT2D eigenvalue weighted by molar-refractivity contribution is 5.20. The number of aryl methyl sites for hydroxylation is 2. The van der Waals surface area contributed by atoms with Gasteiger partial charge in [0.05, 0.1) is 0 Å². The average molecular weight is 219 g/mol. The molecule has 0 bridgehead atoms. The molecule has 1 fully saturated rings. The molecule has 0 unspecified atom stereocenters. The van der Waals surface area contributed by atoms with Crippen LogP contribution in [0.25, 0.3) is 0 Å². The zero-order chi connectivity index (χ0) is 11.5. The van der Waals surface area contributed by atoms with Crippen molar-refractivity contribution in [3.05, 3.63) is 29.1 Å². The van der Waals surface area contributed by atoms with Crippen LogP contribution in [0.1, 0.15) is 17.0 Å². The summed E-state index contributed by atoms with van der Waals surface area (Å²) in [4.78, 5) is 9.32. The third-order valence-electron chi connectivity index (χ3n) is 3.14. The fraction of sp³-hybridized carbons (Fsp3) is 0.615. The number of aromatic nitrogens is 1. The Kier molecular flexibility index (Phi) is 3.56. The Balaban J connectivity index is 1.98. The fourth-order valence-electron chi connectivity index (χ4n) is 2.28. The monoisotopic (exact) mass is 219 g/mol. The van der Waals surface area contributed by atoms with Gasteiger partial charge < -0.3 is 4.90 Å². The van der Waals surface area contributed by atoms with Gasteiger partial charge in [0.15, 0.2) is 0 Å². The van der Waals surface area contributed by atoms with Crippen LogP contribution in [0, 0.1) is 13.8 Å². The summed E-state index contributed by atoms with van der Waals surface area (Å²) >= 11 is 0. The molecule has 2 heterocycles. The summed E-state index contributed by atoms with van der Waals surface area (Å²) in [7, 11) is 2.19. The number of hydrogen-bond acceptors (Lipinski definition) is 3. The third-order valence-corrected chi connectivity index (χ3v) is 3.14. The van der Waals surface area contributed by atoms with Crippen molar-refractivity contribution in [1.82, 2.24) is 14.8 Å². The molecule has 0 atom stereocenters. The zero-order valence-electron chi connectivity index (χ0n) is 10.5. The van der Waals surface area contributed by atoms with Gasteiger partial charge >= 0.3 is 0 Å². The van der Waals surface area contributed by atoms with E-state index in [1.807, 2.05) is 0 Å². The van der Waals surface area contributed by atoms with Crippen molar-refractivity contribution in [2.24, 2.45) is 0 Å². The first-order chi connectivity index (χ1) is 7.63. The van der Waals surface area contributed by atoms with Crippen LogP contribution < -0.4 is 0 Å². The molecule has 1 aliphatic heterocycles. The van der Waals surface area contributed by atoms with E-state index in [0.29, 0.717) is 0 Å². The molecule has 88 valence electrons. The molecule has 1 aromatic rings. The SMILES string of the molecule is Cc1cc(CN2CCN(C)CC2)cc(C)n1. The molecule has 3 heteroatoms. The van der Waals surface area contributed by atoms with Crippen LogP contribution in [-0.2, 0) is 6.54 Å². The maximum atomic E-state index is 4.41. The Morgan fingerprint density at radius 2 is 1.62 bits per heavy atom. The van der Waals surface area contributed by atoms with E-state index in [0.717, 1.165) is 17.9 Å². The predicted octanol–water partition coefficient (Wildman–Crippen LogP) is 1.45. The summed E-state index contributed by atoms with van der Waals surface area (Å²) in [5, 5.41) is 0. The van der Waals surface area contributed by atoms with E-state index in [2.05, 4.69) is 47.8 Å². The van der Waals surface area contributed by atoms with E-state index >= 15 is 0 Å². The summed E-state index contributed by atoms with van der Waals surface area (Å²) in [6, 6.07) is 4.40. The second kappa shape index (κ2) is 4.93. The van der Waals surface area contributed by atoms with Gasteiger partial charge in [0.25, 0.3) is 0 Å². The quantitative estimate of drug-likeness (QED) is 0.750. The minimum absolute atomic E-state index is 1.07. The largest absolute Gasteiger partial charge is 0.304 e. The lowest BCUT2D eigenvalue weighted by Gasteiger charge is -2.32. The topological polar surface area (TPSA) is 19.4 Å². The molecule has 0 radical (unpaired) electrons. The lowest BCUT2D eigenvalue weighted by Crippen LogP contribution is -2.43. The van der Waals surface area contributed by atoms with E-state index in [1.165, 1.54) is 31.7 Å². The van der Waals surface area contributed by atoms with Gasteiger partial charge in [-0.25, -0.2) is 0 Å². The Hall–Kier alpha value is -0.930. The number of piperazine rings is 1. The van der Waals surface area contributed by atoms with Crippen molar-refractivity contribution in [1.29, 1.82) is 0 Å². The van der Waals surface area contributed by atoms with Crippen molar-refractivity contribution in [3.63, 3.8) is 0 Å². The Labute approximate surface area is 98.1 Å². The molecule has 0 spiro atoms. The minimum atomic E-state index is 1.07. The second-order valence-corrected chi connectivity index (χ2v) is 4.84. The number of hydrogen-bond donors (Lipinski definition) is 0. The van der Waals surface area contributed by atoms with E-state index in [9.17, 15) is 0 Å². The van der Waals surface area contributed by atoms with Gasteiger partial charge in [0.2, 0.25) is 0 Å². The molecule has 3 nitrogen and oxygen atoms in total. The molecule has 16 heavy (non-hydrogen) atoms. The number of rotatable bonds is 2. The molecule has 0 N–H and O–H groups in total. The average Bonchev–Trinajstić information content (AvgIpc) is 2.20. The maximum absolute atomic E-state index is 4.41. The van der Waals surface area contributed by atoms with E-state index in [-0.39, 0.29) is 0 Å². The fourth-order valence-corrected chi connectivity index (χ4v) is 2.28. The molecule has 2 rings (SSSR count). The van der Waals surface area contributed by atoms with E-state index < -0.39 is 0 Å². The van der Waals surface area contributed by atoms with Gasteiger partial charge in [-0.15, -0.1) is 0 Å². The van der Waals surface area contributed by atoms with Gasteiger partial charge in [-0.05, 0) is 38.6 Å². The van der Waals surface area contributed by atoms with Gasteiger partial charge in [-0.3, -0.25) is 9.88 Å². The Morgan fingerprint density at radius 1 is 1.06 bits per heavy atom. The molecular formula is C13H21N3. The molecule has 1 aromatic heterocycles. The molecule has 1 aliphatic rings. The normalized spacial score (nSPS) is 18.9. The zero-order valence-corrected chi connectivity index (χ0v) is 10.5. The van der Waals surface area contributed by atoms with Crippen molar-refractivity contribution in [2.45, 2.75) is 20.4 Å². The summed E-state index contributed by atoms with van der Waals surface area (Å²) < 4.78 is 0. The van der Waals surface area contributed by atoms with E-state index in [1.54, 1.807) is 0 Å². The number of nitrogens with zero attached hydrogens (tertiary/aromatic N) is 3. The van der Waals surface area contributed by atoms with Crippen LogP contribution >= 0.6 is 0 Å². The summed E-state index contributed by atoms with van der Waals surface area (Å²) in [5.41, 5.74) is 3.66.